The van der Waals surface area contributed by atoms with Gasteiger partial charge in [-0.15, -0.1) is 11.3 Å². The number of hydrogen-bond acceptors (Lipinski definition) is 4. The van der Waals surface area contributed by atoms with Crippen LogP contribution < -0.4 is 5.73 Å². The van der Waals surface area contributed by atoms with Crippen molar-refractivity contribution in [3.63, 3.8) is 0 Å². The zero-order valence-corrected chi connectivity index (χ0v) is 13.6. The Kier molecular flexibility index (Phi) is 3.86. The molecular weight excluding hydrogens is 292 g/mol. The summed E-state index contributed by atoms with van der Waals surface area (Å²) in [5, 5.41) is 2.23. The summed E-state index contributed by atoms with van der Waals surface area (Å²) in [6.45, 7) is 5.05. The molecule has 22 heavy (non-hydrogen) atoms. The second kappa shape index (κ2) is 5.99. The van der Waals surface area contributed by atoms with E-state index in [0.29, 0.717) is 0 Å². The first-order valence-electron chi connectivity index (χ1n) is 8.09. The van der Waals surface area contributed by atoms with Gasteiger partial charge in [-0.2, -0.15) is 0 Å². The molecule has 4 rings (SSSR count). The summed E-state index contributed by atoms with van der Waals surface area (Å²) >= 11 is 1.87. The van der Waals surface area contributed by atoms with E-state index < -0.39 is 0 Å². The number of piperidine rings is 1. The quantitative estimate of drug-likeness (QED) is 0.925. The van der Waals surface area contributed by atoms with Gasteiger partial charge in [0.1, 0.15) is 5.82 Å². The van der Waals surface area contributed by atoms with E-state index in [4.69, 9.17) is 5.73 Å². The molecule has 0 radical (unpaired) electrons. The molecule has 0 aliphatic carbocycles. The largest absolute Gasteiger partial charge is 0.331 e. The van der Waals surface area contributed by atoms with Crippen LogP contribution in [-0.2, 0) is 13.0 Å². The molecule has 2 aliphatic rings. The molecule has 1 fully saturated rings. The molecule has 4 heterocycles. The minimum absolute atomic E-state index is 0.755. The third kappa shape index (κ3) is 2.43. The van der Waals surface area contributed by atoms with Crippen LogP contribution in [0.1, 0.15) is 29.1 Å². The van der Waals surface area contributed by atoms with Gasteiger partial charge in [0.05, 0.1) is 0 Å². The molecule has 2 aromatic rings. The van der Waals surface area contributed by atoms with Crippen molar-refractivity contribution in [1.82, 2.24) is 14.5 Å². The lowest BCUT2D eigenvalue weighted by molar-refractivity contribution is 0.264. The Morgan fingerprint density at radius 3 is 2.86 bits per heavy atom. The second-order valence-corrected chi connectivity index (χ2v) is 6.99. The van der Waals surface area contributed by atoms with Crippen LogP contribution in [-0.4, -0.2) is 40.6 Å². The number of imidazole rings is 1. The van der Waals surface area contributed by atoms with Gasteiger partial charge in [0.25, 0.3) is 0 Å². The number of fused-ring (bicyclic) bond motifs is 2. The summed E-state index contributed by atoms with van der Waals surface area (Å²) in [7, 11) is 0. The van der Waals surface area contributed by atoms with Crippen molar-refractivity contribution in [3.8, 4) is 0 Å². The molecule has 5 heteroatoms. The van der Waals surface area contributed by atoms with E-state index in [1.54, 1.807) is 5.57 Å². The maximum absolute atomic E-state index is 5.69. The molecule has 1 saturated heterocycles. The van der Waals surface area contributed by atoms with E-state index in [1.165, 1.54) is 21.8 Å². The van der Waals surface area contributed by atoms with Gasteiger partial charge in [0, 0.05) is 55.6 Å². The van der Waals surface area contributed by atoms with Crippen LogP contribution in [0, 0.1) is 0 Å². The molecule has 0 atom stereocenters. The average Bonchev–Trinajstić information content (AvgIpc) is 3.16. The lowest BCUT2D eigenvalue weighted by Gasteiger charge is -2.29. The maximum Gasteiger partial charge on any atom is 0.141 e. The van der Waals surface area contributed by atoms with Gasteiger partial charge in [-0.25, -0.2) is 4.98 Å². The topological polar surface area (TPSA) is 47.1 Å². The van der Waals surface area contributed by atoms with E-state index in [1.807, 2.05) is 17.5 Å². The molecule has 116 valence electrons. The van der Waals surface area contributed by atoms with E-state index in [-0.39, 0.29) is 0 Å². The van der Waals surface area contributed by atoms with E-state index in [0.717, 1.165) is 52.0 Å². The van der Waals surface area contributed by atoms with Crippen molar-refractivity contribution in [3.05, 3.63) is 45.7 Å². The Morgan fingerprint density at radius 2 is 2.05 bits per heavy atom. The van der Waals surface area contributed by atoms with E-state index in [9.17, 15) is 0 Å². The van der Waals surface area contributed by atoms with Crippen molar-refractivity contribution in [2.45, 2.75) is 25.8 Å². The Morgan fingerprint density at radius 1 is 1.18 bits per heavy atom. The number of nitrogens with two attached hydrogens (primary N) is 1. The highest BCUT2D eigenvalue weighted by Gasteiger charge is 2.25. The van der Waals surface area contributed by atoms with Crippen molar-refractivity contribution in [2.24, 2.45) is 5.73 Å². The SMILES string of the molecule is NCCN1CCC(=C2c3sccc3CCn3ccnc32)CC1. The zero-order chi connectivity index (χ0) is 14.9. The molecule has 0 amide bonds. The van der Waals surface area contributed by atoms with E-state index in [2.05, 4.69) is 32.1 Å². The first-order chi connectivity index (χ1) is 10.9. The predicted molar refractivity (Wildman–Crippen MR) is 91.0 cm³/mol. The first kappa shape index (κ1) is 14.2. The predicted octanol–water partition coefficient (Wildman–Crippen LogP) is 2.36. The monoisotopic (exact) mass is 314 g/mol. The molecule has 2 aromatic heterocycles. The Labute approximate surface area is 135 Å². The standard InChI is InChI=1S/C17H22N4S/c18-5-10-20-7-1-13(2-8-20)15-16-14(4-12-22-16)3-9-21-11-6-19-17(15)21/h4,6,11-12H,1-3,5,7-10,18H2. The minimum Gasteiger partial charge on any atom is -0.331 e. The lowest BCUT2D eigenvalue weighted by atomic mass is 9.95. The van der Waals surface area contributed by atoms with E-state index >= 15 is 0 Å². The van der Waals surface area contributed by atoms with Crippen LogP contribution in [0.2, 0.25) is 0 Å². The normalized spacial score (nSPS) is 19.0. The Hall–Kier alpha value is -1.43. The highest BCUT2D eigenvalue weighted by atomic mass is 32.1. The third-order valence-corrected chi connectivity index (χ3v) is 5.77. The summed E-state index contributed by atoms with van der Waals surface area (Å²) in [5.41, 5.74) is 10.2. The molecular formula is C17H22N4S. The fraction of sp³-hybridized carbons (Fsp3) is 0.471. The van der Waals surface area contributed by atoms with Gasteiger partial charge >= 0.3 is 0 Å². The molecule has 0 saturated carbocycles. The Bertz CT molecular complexity index is 643. The average molecular weight is 314 g/mol. The number of rotatable bonds is 2. The number of thiophene rings is 1. The summed E-state index contributed by atoms with van der Waals surface area (Å²) in [6, 6.07) is 2.29. The minimum atomic E-state index is 0.755. The van der Waals surface area contributed by atoms with Gasteiger partial charge in [-0.3, -0.25) is 0 Å². The number of nitrogens with zero attached hydrogens (tertiary/aromatic N) is 3. The highest BCUT2D eigenvalue weighted by molar-refractivity contribution is 7.11. The third-order valence-electron chi connectivity index (χ3n) is 4.79. The van der Waals surface area contributed by atoms with Crippen molar-refractivity contribution in [1.29, 1.82) is 0 Å². The number of aryl methyl sites for hydroxylation is 2. The molecule has 0 aromatic carbocycles. The molecule has 2 N–H and O–H groups in total. The number of hydrogen-bond donors (Lipinski definition) is 1. The molecule has 0 unspecified atom stereocenters. The number of aromatic nitrogens is 2. The molecule has 0 spiro atoms. The van der Waals surface area contributed by atoms with Crippen molar-refractivity contribution < 1.29 is 0 Å². The van der Waals surface area contributed by atoms with Crippen LogP contribution in [0.4, 0.5) is 0 Å². The van der Waals surface area contributed by atoms with Gasteiger partial charge in [-0.05, 0) is 36.3 Å². The van der Waals surface area contributed by atoms with Crippen LogP contribution in [0.15, 0.2) is 29.4 Å². The fourth-order valence-electron chi connectivity index (χ4n) is 3.61. The maximum atomic E-state index is 5.69. The van der Waals surface area contributed by atoms with Gasteiger partial charge in [0.2, 0.25) is 0 Å². The fourth-order valence-corrected chi connectivity index (χ4v) is 4.65. The van der Waals surface area contributed by atoms with Crippen LogP contribution in [0.3, 0.4) is 0 Å². The molecule has 2 aliphatic heterocycles. The van der Waals surface area contributed by atoms with Crippen LogP contribution >= 0.6 is 11.3 Å². The summed E-state index contributed by atoms with van der Waals surface area (Å²) in [5.74, 6) is 1.17. The van der Waals surface area contributed by atoms with Gasteiger partial charge in [0.15, 0.2) is 0 Å². The number of likely N-dealkylation sites (tertiary alicyclic amines) is 1. The van der Waals surface area contributed by atoms with Gasteiger partial charge in [-0.1, -0.05) is 5.57 Å². The summed E-state index contributed by atoms with van der Waals surface area (Å²) in [6.07, 6.45) is 7.45. The van der Waals surface area contributed by atoms with Gasteiger partial charge < -0.3 is 15.2 Å². The van der Waals surface area contributed by atoms with Crippen LogP contribution in [0.25, 0.3) is 5.57 Å². The Balaban J connectivity index is 1.75. The smallest absolute Gasteiger partial charge is 0.141 e. The van der Waals surface area contributed by atoms with Crippen LogP contribution in [0.5, 0.6) is 0 Å². The summed E-state index contributed by atoms with van der Waals surface area (Å²) < 4.78 is 2.32. The summed E-state index contributed by atoms with van der Waals surface area (Å²) in [4.78, 5) is 8.61. The zero-order valence-electron chi connectivity index (χ0n) is 12.8. The molecule has 4 nitrogen and oxygen atoms in total. The first-order valence-corrected chi connectivity index (χ1v) is 8.97. The lowest BCUT2D eigenvalue weighted by Crippen LogP contribution is -2.35. The highest BCUT2D eigenvalue weighted by Crippen LogP contribution is 2.38. The van der Waals surface area contributed by atoms with Crippen molar-refractivity contribution in [2.75, 3.05) is 26.2 Å². The second-order valence-electron chi connectivity index (χ2n) is 6.08. The molecule has 0 bridgehead atoms. The van der Waals surface area contributed by atoms with Crippen molar-refractivity contribution >= 4 is 16.9 Å².